The Kier molecular flexibility index (Phi) is 4.57. The highest BCUT2D eigenvalue weighted by atomic mass is 79.9. The summed E-state index contributed by atoms with van der Waals surface area (Å²) in [5, 5.41) is 0. The van der Waals surface area contributed by atoms with Gasteiger partial charge < -0.3 is 9.15 Å². The lowest BCUT2D eigenvalue weighted by atomic mass is 10.2. The van der Waals surface area contributed by atoms with Gasteiger partial charge in [-0.2, -0.15) is 0 Å². The van der Waals surface area contributed by atoms with Gasteiger partial charge in [0, 0.05) is 15.8 Å². The van der Waals surface area contributed by atoms with Crippen LogP contribution < -0.4 is 4.74 Å². The maximum absolute atomic E-state index is 5.33. The first-order valence-corrected chi connectivity index (χ1v) is 7.17. The largest absolute Gasteiger partial charge is 0.496 e. The van der Waals surface area contributed by atoms with Crippen LogP contribution in [0.2, 0.25) is 0 Å². The summed E-state index contributed by atoms with van der Waals surface area (Å²) in [5.74, 6) is 3.72. The molecule has 0 bridgehead atoms. The molecule has 0 amide bonds. The van der Waals surface area contributed by atoms with Crippen molar-refractivity contribution in [3.8, 4) is 5.75 Å². The summed E-state index contributed by atoms with van der Waals surface area (Å²) in [6, 6.07) is 9.96. The molecule has 1 aromatic carbocycles. The second-order valence-corrected chi connectivity index (χ2v) is 5.43. The third-order valence-corrected chi connectivity index (χ3v) is 3.82. The fourth-order valence-corrected chi connectivity index (χ4v) is 2.84. The first kappa shape index (κ1) is 12.6. The minimum atomic E-state index is 0.878. The smallest absolute Gasteiger partial charge is 0.122 e. The molecule has 2 nitrogen and oxygen atoms in total. The summed E-state index contributed by atoms with van der Waals surface area (Å²) in [6.07, 6.45) is 1.70. The molecule has 90 valence electrons. The number of ether oxygens (including phenoxy) is 1. The molecular weight excluding hydrogens is 300 g/mol. The van der Waals surface area contributed by atoms with E-state index in [9.17, 15) is 0 Å². The van der Waals surface area contributed by atoms with E-state index in [1.165, 1.54) is 5.56 Å². The van der Waals surface area contributed by atoms with Crippen molar-refractivity contribution < 1.29 is 9.15 Å². The van der Waals surface area contributed by atoms with Gasteiger partial charge in [-0.1, -0.05) is 15.9 Å². The molecule has 0 saturated heterocycles. The van der Waals surface area contributed by atoms with Crippen molar-refractivity contribution in [1.82, 2.24) is 0 Å². The summed E-state index contributed by atoms with van der Waals surface area (Å²) in [6.45, 7) is 0. The molecule has 0 aliphatic heterocycles. The van der Waals surface area contributed by atoms with Crippen molar-refractivity contribution in [2.24, 2.45) is 0 Å². The van der Waals surface area contributed by atoms with Crippen molar-refractivity contribution in [1.29, 1.82) is 0 Å². The maximum atomic E-state index is 5.33. The molecule has 0 aliphatic carbocycles. The highest BCUT2D eigenvalue weighted by molar-refractivity contribution is 9.10. The topological polar surface area (TPSA) is 22.4 Å². The molecule has 0 radical (unpaired) electrons. The molecule has 0 N–H and O–H groups in total. The van der Waals surface area contributed by atoms with E-state index in [1.807, 2.05) is 36.0 Å². The quantitative estimate of drug-likeness (QED) is 0.812. The van der Waals surface area contributed by atoms with Gasteiger partial charge in [0.05, 0.1) is 19.1 Å². The summed E-state index contributed by atoms with van der Waals surface area (Å²) >= 11 is 5.28. The van der Waals surface area contributed by atoms with E-state index < -0.39 is 0 Å². The first-order chi connectivity index (χ1) is 8.29. The minimum Gasteiger partial charge on any atom is -0.496 e. The first-order valence-electron chi connectivity index (χ1n) is 5.22. The van der Waals surface area contributed by atoms with Crippen molar-refractivity contribution in [3.05, 3.63) is 52.4 Å². The van der Waals surface area contributed by atoms with E-state index in [4.69, 9.17) is 9.15 Å². The number of rotatable bonds is 5. The van der Waals surface area contributed by atoms with Crippen molar-refractivity contribution in [2.75, 3.05) is 7.11 Å². The fraction of sp³-hybridized carbons (Fsp3) is 0.231. The van der Waals surface area contributed by atoms with Crippen molar-refractivity contribution in [3.63, 3.8) is 0 Å². The number of furan rings is 1. The molecule has 0 atom stereocenters. The SMILES string of the molecule is COc1ccc(Br)cc1CSCc1ccco1. The normalized spacial score (nSPS) is 10.5. The van der Waals surface area contributed by atoms with Crippen LogP contribution in [0.5, 0.6) is 5.75 Å². The van der Waals surface area contributed by atoms with E-state index in [-0.39, 0.29) is 0 Å². The summed E-state index contributed by atoms with van der Waals surface area (Å²) in [4.78, 5) is 0. The maximum Gasteiger partial charge on any atom is 0.122 e. The molecule has 0 saturated carbocycles. The molecule has 17 heavy (non-hydrogen) atoms. The zero-order valence-electron chi connectivity index (χ0n) is 9.48. The molecule has 2 rings (SSSR count). The Morgan fingerprint density at radius 1 is 1.29 bits per heavy atom. The highest BCUT2D eigenvalue weighted by Gasteiger charge is 2.04. The van der Waals surface area contributed by atoms with Crippen LogP contribution in [0.25, 0.3) is 0 Å². The molecule has 2 aromatic rings. The zero-order chi connectivity index (χ0) is 12.1. The van der Waals surface area contributed by atoms with Crippen LogP contribution in [0.1, 0.15) is 11.3 Å². The monoisotopic (exact) mass is 312 g/mol. The Morgan fingerprint density at radius 3 is 2.88 bits per heavy atom. The van der Waals surface area contributed by atoms with Crippen molar-refractivity contribution in [2.45, 2.75) is 11.5 Å². The average molecular weight is 313 g/mol. The molecule has 0 aliphatic rings. The van der Waals surface area contributed by atoms with Gasteiger partial charge in [0.2, 0.25) is 0 Å². The van der Waals surface area contributed by atoms with E-state index in [1.54, 1.807) is 13.4 Å². The lowest BCUT2D eigenvalue weighted by molar-refractivity contribution is 0.411. The number of methoxy groups -OCH3 is 1. The molecule has 0 spiro atoms. The number of hydrogen-bond donors (Lipinski definition) is 0. The van der Waals surface area contributed by atoms with Crippen LogP contribution >= 0.6 is 27.7 Å². The van der Waals surface area contributed by atoms with Crippen LogP contribution in [0.15, 0.2) is 45.5 Å². The minimum absolute atomic E-state index is 0.878. The van der Waals surface area contributed by atoms with Crippen LogP contribution in [0.4, 0.5) is 0 Å². The Hall–Kier alpha value is -0.870. The Bertz CT molecular complexity index is 468. The van der Waals surface area contributed by atoms with Crippen LogP contribution in [-0.2, 0) is 11.5 Å². The molecule has 4 heteroatoms. The van der Waals surface area contributed by atoms with Gasteiger partial charge in [0.15, 0.2) is 0 Å². The third-order valence-electron chi connectivity index (χ3n) is 2.32. The predicted octanol–water partition coefficient (Wildman–Crippen LogP) is 4.48. The molecular formula is C13H13BrO2S. The van der Waals surface area contributed by atoms with Gasteiger partial charge in [0.1, 0.15) is 11.5 Å². The summed E-state index contributed by atoms with van der Waals surface area (Å²) < 4.78 is 11.7. The van der Waals surface area contributed by atoms with Crippen LogP contribution in [0, 0.1) is 0 Å². The zero-order valence-corrected chi connectivity index (χ0v) is 11.9. The van der Waals surface area contributed by atoms with E-state index in [0.29, 0.717) is 0 Å². The number of thioether (sulfide) groups is 1. The standard InChI is InChI=1S/C13H13BrO2S/c1-15-13-5-4-11(14)7-10(13)8-17-9-12-3-2-6-16-12/h2-7H,8-9H2,1H3. The lowest BCUT2D eigenvalue weighted by Crippen LogP contribution is -1.90. The van der Waals surface area contributed by atoms with E-state index >= 15 is 0 Å². The number of hydrogen-bond acceptors (Lipinski definition) is 3. The van der Waals surface area contributed by atoms with Gasteiger partial charge in [0.25, 0.3) is 0 Å². The second kappa shape index (κ2) is 6.17. The fourth-order valence-electron chi connectivity index (χ4n) is 1.52. The summed E-state index contributed by atoms with van der Waals surface area (Å²) in [5.41, 5.74) is 1.19. The van der Waals surface area contributed by atoms with Crippen LogP contribution in [0.3, 0.4) is 0 Å². The molecule has 1 heterocycles. The van der Waals surface area contributed by atoms with Crippen LogP contribution in [-0.4, -0.2) is 7.11 Å². The Labute approximate surface area is 113 Å². The predicted molar refractivity (Wildman–Crippen MR) is 74.4 cm³/mol. The Morgan fingerprint density at radius 2 is 2.18 bits per heavy atom. The number of halogens is 1. The van der Waals surface area contributed by atoms with Crippen molar-refractivity contribution >= 4 is 27.7 Å². The molecule has 0 fully saturated rings. The van der Waals surface area contributed by atoms with Gasteiger partial charge in [-0.3, -0.25) is 0 Å². The van der Waals surface area contributed by atoms with Gasteiger partial charge in [-0.05, 0) is 30.3 Å². The van der Waals surface area contributed by atoms with E-state index in [2.05, 4.69) is 22.0 Å². The molecule has 1 aromatic heterocycles. The Balaban J connectivity index is 1.96. The average Bonchev–Trinajstić information content (AvgIpc) is 2.82. The van der Waals surface area contributed by atoms with Gasteiger partial charge >= 0.3 is 0 Å². The van der Waals surface area contributed by atoms with E-state index in [0.717, 1.165) is 27.5 Å². The van der Waals surface area contributed by atoms with Gasteiger partial charge in [-0.15, -0.1) is 11.8 Å². The molecule has 0 unspecified atom stereocenters. The third kappa shape index (κ3) is 3.54. The number of benzene rings is 1. The summed E-state index contributed by atoms with van der Waals surface area (Å²) in [7, 11) is 1.70. The van der Waals surface area contributed by atoms with Gasteiger partial charge in [-0.25, -0.2) is 0 Å². The lowest BCUT2D eigenvalue weighted by Gasteiger charge is -2.08. The highest BCUT2D eigenvalue weighted by Crippen LogP contribution is 2.28. The second-order valence-electron chi connectivity index (χ2n) is 3.53.